The number of carbonyl (C=O) groups excluding carboxylic acids is 2. The Kier molecular flexibility index (Phi) is 6.70. The van der Waals surface area contributed by atoms with Gasteiger partial charge in [-0.15, -0.1) is 0 Å². The SMILES string of the molecule is CCOC(=O)CCCC(=O)OC(C)c1ccc(F)cc1. The van der Waals surface area contributed by atoms with Crippen molar-refractivity contribution in [2.24, 2.45) is 0 Å². The zero-order valence-corrected chi connectivity index (χ0v) is 11.7. The minimum atomic E-state index is -0.439. The molecule has 1 rings (SSSR count). The lowest BCUT2D eigenvalue weighted by atomic mass is 10.1. The fraction of sp³-hybridized carbons (Fsp3) is 0.467. The third-order valence-electron chi connectivity index (χ3n) is 2.71. The molecule has 1 atom stereocenters. The predicted octanol–water partition coefficient (Wildman–Crippen LogP) is 3.16. The lowest BCUT2D eigenvalue weighted by Gasteiger charge is -2.13. The van der Waals surface area contributed by atoms with E-state index in [0.29, 0.717) is 13.0 Å². The van der Waals surface area contributed by atoms with E-state index in [2.05, 4.69) is 0 Å². The molecule has 1 aromatic carbocycles. The normalized spacial score (nSPS) is 11.8. The van der Waals surface area contributed by atoms with E-state index in [-0.39, 0.29) is 30.6 Å². The van der Waals surface area contributed by atoms with E-state index in [4.69, 9.17) is 9.47 Å². The van der Waals surface area contributed by atoms with Crippen molar-refractivity contribution in [3.8, 4) is 0 Å². The Balaban J connectivity index is 2.31. The van der Waals surface area contributed by atoms with Gasteiger partial charge in [-0.2, -0.15) is 0 Å². The Hall–Kier alpha value is -1.91. The van der Waals surface area contributed by atoms with Gasteiger partial charge in [0.25, 0.3) is 0 Å². The maximum atomic E-state index is 12.8. The van der Waals surface area contributed by atoms with E-state index < -0.39 is 6.10 Å². The highest BCUT2D eigenvalue weighted by Crippen LogP contribution is 2.18. The zero-order valence-electron chi connectivity index (χ0n) is 11.7. The van der Waals surface area contributed by atoms with Crippen LogP contribution in [0, 0.1) is 5.82 Å². The van der Waals surface area contributed by atoms with Crippen LogP contribution in [0.4, 0.5) is 4.39 Å². The molecular weight excluding hydrogens is 263 g/mol. The molecule has 0 bridgehead atoms. The fourth-order valence-corrected chi connectivity index (χ4v) is 1.67. The molecule has 1 unspecified atom stereocenters. The van der Waals surface area contributed by atoms with E-state index in [9.17, 15) is 14.0 Å². The quantitative estimate of drug-likeness (QED) is 0.721. The van der Waals surface area contributed by atoms with Gasteiger partial charge < -0.3 is 9.47 Å². The van der Waals surface area contributed by atoms with E-state index in [1.54, 1.807) is 26.0 Å². The first kappa shape index (κ1) is 16.1. The average Bonchev–Trinajstić information content (AvgIpc) is 2.39. The number of carbonyl (C=O) groups is 2. The van der Waals surface area contributed by atoms with Gasteiger partial charge in [-0.25, -0.2) is 4.39 Å². The van der Waals surface area contributed by atoms with Crippen LogP contribution in [0.5, 0.6) is 0 Å². The maximum absolute atomic E-state index is 12.8. The highest BCUT2D eigenvalue weighted by atomic mass is 19.1. The third-order valence-corrected chi connectivity index (χ3v) is 2.71. The van der Waals surface area contributed by atoms with Gasteiger partial charge in [0.1, 0.15) is 11.9 Å². The second-order valence-corrected chi connectivity index (χ2v) is 4.34. The van der Waals surface area contributed by atoms with Crippen molar-refractivity contribution in [1.29, 1.82) is 0 Å². The van der Waals surface area contributed by atoms with Crippen molar-refractivity contribution in [2.45, 2.75) is 39.2 Å². The first-order valence-corrected chi connectivity index (χ1v) is 6.63. The summed E-state index contributed by atoms with van der Waals surface area (Å²) in [7, 11) is 0. The summed E-state index contributed by atoms with van der Waals surface area (Å²) in [5.41, 5.74) is 0.727. The molecule has 0 spiro atoms. The summed E-state index contributed by atoms with van der Waals surface area (Å²) in [6.07, 6.45) is 0.317. The van der Waals surface area contributed by atoms with Gasteiger partial charge in [0.05, 0.1) is 6.61 Å². The van der Waals surface area contributed by atoms with Crippen LogP contribution in [0.2, 0.25) is 0 Å². The number of hydrogen-bond acceptors (Lipinski definition) is 4. The molecule has 0 amide bonds. The molecule has 0 heterocycles. The first-order valence-electron chi connectivity index (χ1n) is 6.63. The second-order valence-electron chi connectivity index (χ2n) is 4.34. The molecule has 0 saturated carbocycles. The van der Waals surface area contributed by atoms with Gasteiger partial charge >= 0.3 is 11.9 Å². The Morgan fingerprint density at radius 1 is 1.15 bits per heavy atom. The van der Waals surface area contributed by atoms with Crippen LogP contribution in [0.15, 0.2) is 24.3 Å². The standard InChI is InChI=1S/C15H19FO4/c1-3-19-14(17)5-4-6-15(18)20-11(2)12-7-9-13(16)10-8-12/h7-11H,3-6H2,1-2H3. The molecule has 0 aliphatic heterocycles. The molecule has 0 aliphatic rings. The molecule has 5 heteroatoms. The van der Waals surface area contributed by atoms with Crippen molar-refractivity contribution in [2.75, 3.05) is 6.61 Å². The lowest BCUT2D eigenvalue weighted by molar-refractivity contribution is -0.149. The molecule has 0 aromatic heterocycles. The van der Waals surface area contributed by atoms with E-state index in [1.807, 2.05) is 0 Å². The Bertz CT molecular complexity index is 442. The number of esters is 2. The van der Waals surface area contributed by atoms with Crippen molar-refractivity contribution in [3.05, 3.63) is 35.6 Å². The van der Waals surface area contributed by atoms with Crippen LogP contribution in [0.3, 0.4) is 0 Å². The molecule has 0 saturated heterocycles. The maximum Gasteiger partial charge on any atom is 0.306 e. The van der Waals surface area contributed by atoms with Gasteiger partial charge in [-0.05, 0) is 38.0 Å². The largest absolute Gasteiger partial charge is 0.466 e. The Labute approximate surface area is 117 Å². The van der Waals surface area contributed by atoms with Crippen LogP contribution in [0.25, 0.3) is 0 Å². The van der Waals surface area contributed by atoms with Crippen LogP contribution < -0.4 is 0 Å². The van der Waals surface area contributed by atoms with Crippen LogP contribution in [0.1, 0.15) is 44.8 Å². The molecule has 1 aromatic rings. The van der Waals surface area contributed by atoms with E-state index >= 15 is 0 Å². The molecule has 0 radical (unpaired) electrons. The molecule has 20 heavy (non-hydrogen) atoms. The Morgan fingerprint density at radius 3 is 2.35 bits per heavy atom. The third kappa shape index (κ3) is 5.82. The molecule has 110 valence electrons. The topological polar surface area (TPSA) is 52.6 Å². The number of halogens is 1. The Morgan fingerprint density at radius 2 is 1.75 bits per heavy atom. The molecule has 0 fully saturated rings. The van der Waals surface area contributed by atoms with Gasteiger partial charge in [-0.1, -0.05) is 12.1 Å². The summed E-state index contributed by atoms with van der Waals surface area (Å²) in [6, 6.07) is 5.79. The highest BCUT2D eigenvalue weighted by molar-refractivity contribution is 5.72. The second kappa shape index (κ2) is 8.30. The summed E-state index contributed by atoms with van der Waals surface area (Å²) in [4.78, 5) is 22.7. The number of benzene rings is 1. The summed E-state index contributed by atoms with van der Waals surface area (Å²) < 4.78 is 22.7. The molecular formula is C15H19FO4. The number of hydrogen-bond donors (Lipinski definition) is 0. The van der Waals surface area contributed by atoms with Crippen molar-refractivity contribution in [3.63, 3.8) is 0 Å². The summed E-state index contributed by atoms with van der Waals surface area (Å²) >= 11 is 0. The summed E-state index contributed by atoms with van der Waals surface area (Å²) in [6.45, 7) is 3.79. The molecule has 0 aliphatic carbocycles. The average molecular weight is 282 g/mol. The van der Waals surface area contributed by atoms with Crippen LogP contribution in [-0.2, 0) is 19.1 Å². The smallest absolute Gasteiger partial charge is 0.306 e. The highest BCUT2D eigenvalue weighted by Gasteiger charge is 2.12. The zero-order chi connectivity index (χ0) is 15.0. The predicted molar refractivity (Wildman–Crippen MR) is 71.4 cm³/mol. The molecule has 0 N–H and O–H groups in total. The fourth-order valence-electron chi connectivity index (χ4n) is 1.67. The number of rotatable bonds is 7. The van der Waals surface area contributed by atoms with Crippen LogP contribution >= 0.6 is 0 Å². The molecule has 4 nitrogen and oxygen atoms in total. The monoisotopic (exact) mass is 282 g/mol. The van der Waals surface area contributed by atoms with E-state index in [0.717, 1.165) is 5.56 Å². The van der Waals surface area contributed by atoms with Gasteiger partial charge in [0, 0.05) is 12.8 Å². The van der Waals surface area contributed by atoms with Gasteiger partial charge in [0.2, 0.25) is 0 Å². The summed E-state index contributed by atoms with van der Waals surface area (Å²) in [5.74, 6) is -1.03. The van der Waals surface area contributed by atoms with E-state index in [1.165, 1.54) is 12.1 Å². The van der Waals surface area contributed by atoms with Crippen molar-refractivity contribution >= 4 is 11.9 Å². The number of ether oxygens (including phenoxy) is 2. The van der Waals surface area contributed by atoms with Crippen molar-refractivity contribution < 1.29 is 23.5 Å². The first-order chi connectivity index (χ1) is 9.52. The minimum absolute atomic E-state index is 0.157. The van der Waals surface area contributed by atoms with Gasteiger partial charge in [-0.3, -0.25) is 9.59 Å². The lowest BCUT2D eigenvalue weighted by Crippen LogP contribution is -2.10. The minimum Gasteiger partial charge on any atom is -0.466 e. The van der Waals surface area contributed by atoms with Crippen LogP contribution in [-0.4, -0.2) is 18.5 Å². The summed E-state index contributed by atoms with van der Waals surface area (Å²) in [5, 5.41) is 0. The van der Waals surface area contributed by atoms with Crippen molar-refractivity contribution in [1.82, 2.24) is 0 Å². The van der Waals surface area contributed by atoms with Gasteiger partial charge in [0.15, 0.2) is 0 Å².